The fraction of sp³-hybridized carbons (Fsp3) is 0.412. The van der Waals surface area contributed by atoms with Gasteiger partial charge in [0, 0.05) is 5.41 Å². The molecule has 0 N–H and O–H groups in total. The Labute approximate surface area is 310 Å². The van der Waals surface area contributed by atoms with Crippen molar-refractivity contribution in [2.24, 2.45) is 0 Å². The van der Waals surface area contributed by atoms with E-state index in [1.807, 2.05) is 0 Å². The van der Waals surface area contributed by atoms with Gasteiger partial charge < -0.3 is 0 Å². The smallest absolute Gasteiger partial charge is 0.0464 e. The first-order chi connectivity index (χ1) is 24.7. The molecule has 0 bridgehead atoms. The minimum Gasteiger partial charge on any atom is -0.0654 e. The average Bonchev–Trinajstić information content (AvgIpc) is 3.36. The Kier molecular flexibility index (Phi) is 11.7. The Morgan fingerprint density at radius 1 is 0.451 bits per heavy atom. The largest absolute Gasteiger partial charge is 0.0654 e. The molecule has 0 aromatic heterocycles. The molecule has 51 heavy (non-hydrogen) atoms. The Balaban J connectivity index is 1.58. The van der Waals surface area contributed by atoms with E-state index in [1.165, 1.54) is 153 Å². The minimum absolute atomic E-state index is 0.208. The molecule has 0 heterocycles. The van der Waals surface area contributed by atoms with Crippen molar-refractivity contribution < 1.29 is 0 Å². The van der Waals surface area contributed by atoms with Crippen LogP contribution in [0.4, 0.5) is 0 Å². The molecule has 0 aliphatic heterocycles. The predicted molar refractivity (Wildman–Crippen MR) is 223 cm³/mol. The van der Waals surface area contributed by atoms with Crippen LogP contribution in [0, 0.1) is 41.5 Å². The third kappa shape index (κ3) is 7.53. The molecule has 0 unspecified atom stereocenters. The molecule has 5 aromatic carbocycles. The highest BCUT2D eigenvalue weighted by molar-refractivity contribution is 5.89. The Morgan fingerprint density at radius 3 is 1.43 bits per heavy atom. The Morgan fingerprint density at radius 2 is 0.922 bits per heavy atom. The van der Waals surface area contributed by atoms with Gasteiger partial charge in [-0.05, 0) is 151 Å². The summed E-state index contributed by atoms with van der Waals surface area (Å²) in [7, 11) is 0. The van der Waals surface area contributed by atoms with Gasteiger partial charge in [0.2, 0.25) is 0 Å². The van der Waals surface area contributed by atoms with Crippen molar-refractivity contribution in [2.75, 3.05) is 0 Å². The molecule has 266 valence electrons. The van der Waals surface area contributed by atoms with Gasteiger partial charge in [0.1, 0.15) is 0 Å². The topological polar surface area (TPSA) is 0 Å². The van der Waals surface area contributed by atoms with Crippen molar-refractivity contribution in [3.8, 4) is 33.4 Å². The summed E-state index contributed by atoms with van der Waals surface area (Å²) >= 11 is 0. The third-order valence-corrected chi connectivity index (χ3v) is 11.8. The van der Waals surface area contributed by atoms with Crippen LogP contribution in [-0.4, -0.2) is 0 Å². The van der Waals surface area contributed by atoms with Gasteiger partial charge in [0.25, 0.3) is 0 Å². The van der Waals surface area contributed by atoms with E-state index in [9.17, 15) is 0 Å². The van der Waals surface area contributed by atoms with Gasteiger partial charge in [-0.3, -0.25) is 0 Å². The summed E-state index contributed by atoms with van der Waals surface area (Å²) in [5.41, 5.74) is 22.2. The first-order valence-electron chi connectivity index (χ1n) is 20.2. The molecule has 1 aliphatic carbocycles. The van der Waals surface area contributed by atoms with Crippen molar-refractivity contribution >= 4 is 0 Å². The zero-order chi connectivity index (χ0) is 36.1. The van der Waals surface area contributed by atoms with E-state index in [2.05, 4.69) is 140 Å². The zero-order valence-corrected chi connectivity index (χ0v) is 33.1. The molecule has 1 aliphatic rings. The van der Waals surface area contributed by atoms with Crippen LogP contribution in [0.25, 0.3) is 33.4 Å². The molecule has 5 aromatic rings. The summed E-state index contributed by atoms with van der Waals surface area (Å²) in [6.45, 7) is 18.2. The van der Waals surface area contributed by atoms with E-state index in [1.54, 1.807) is 0 Å². The van der Waals surface area contributed by atoms with Gasteiger partial charge in [-0.25, -0.2) is 0 Å². The number of aryl methyl sites for hydroxylation is 7. The highest BCUT2D eigenvalue weighted by Crippen LogP contribution is 2.57. The molecule has 0 heteroatoms. The summed E-state index contributed by atoms with van der Waals surface area (Å²) in [4.78, 5) is 0. The lowest BCUT2D eigenvalue weighted by Gasteiger charge is -2.34. The monoisotopic (exact) mass is 674 g/mol. The van der Waals surface area contributed by atoms with Crippen LogP contribution in [0.2, 0.25) is 0 Å². The summed E-state index contributed by atoms with van der Waals surface area (Å²) < 4.78 is 0. The van der Waals surface area contributed by atoms with Crippen LogP contribution in [0.1, 0.15) is 140 Å². The number of hydrogen-bond donors (Lipinski definition) is 0. The second kappa shape index (κ2) is 16.2. The number of rotatable bonds is 15. The van der Waals surface area contributed by atoms with E-state index < -0.39 is 0 Å². The van der Waals surface area contributed by atoms with Gasteiger partial charge in [-0.15, -0.1) is 0 Å². The van der Waals surface area contributed by atoms with Crippen LogP contribution in [0.3, 0.4) is 0 Å². The number of hydrogen-bond acceptors (Lipinski definition) is 0. The predicted octanol–water partition coefficient (Wildman–Crippen LogP) is 15.1. The van der Waals surface area contributed by atoms with Crippen LogP contribution in [0.15, 0.2) is 84.9 Å². The maximum atomic E-state index is 2.60. The third-order valence-electron chi connectivity index (χ3n) is 11.8. The standard InChI is InChI=1S/C51H62/c1-9-11-13-15-16-18-27-51(44-22-19-21-41(32-44)20-17-14-12-10-2)47-33-42(49-37(5)28-35(3)29-38(49)6)23-25-45(47)46-26-24-43(34-48(46)51)50-39(7)30-36(4)31-40(50)8/h19,21-26,28-34H,9-18,20,27H2,1-8H3. The maximum absolute atomic E-state index is 2.60. The lowest BCUT2D eigenvalue weighted by molar-refractivity contribution is 0.506. The Hall–Kier alpha value is -3.90. The van der Waals surface area contributed by atoms with Crippen LogP contribution >= 0.6 is 0 Å². The number of benzene rings is 5. The SMILES string of the molecule is CCCCCCCCC1(c2cccc(CCCCCC)c2)c2cc(-c3c(C)cc(C)cc3C)ccc2-c2ccc(-c3c(C)cc(C)cc3C)cc21. The summed E-state index contributed by atoms with van der Waals surface area (Å²) in [5, 5.41) is 0. The van der Waals surface area contributed by atoms with Gasteiger partial charge in [-0.1, -0.05) is 156 Å². The van der Waals surface area contributed by atoms with Crippen molar-refractivity contribution in [3.63, 3.8) is 0 Å². The van der Waals surface area contributed by atoms with Crippen LogP contribution in [-0.2, 0) is 11.8 Å². The van der Waals surface area contributed by atoms with Gasteiger partial charge in [-0.2, -0.15) is 0 Å². The highest BCUT2D eigenvalue weighted by atomic mass is 14.5. The second-order valence-electron chi connectivity index (χ2n) is 16.0. The van der Waals surface area contributed by atoms with Crippen LogP contribution < -0.4 is 0 Å². The van der Waals surface area contributed by atoms with Crippen molar-refractivity contribution in [1.82, 2.24) is 0 Å². The first-order valence-corrected chi connectivity index (χ1v) is 20.2. The van der Waals surface area contributed by atoms with E-state index in [0.717, 1.165) is 12.8 Å². The lowest BCUT2D eigenvalue weighted by atomic mass is 9.68. The van der Waals surface area contributed by atoms with Crippen molar-refractivity contribution in [3.05, 3.63) is 141 Å². The molecule has 0 fully saturated rings. The molecule has 0 saturated heterocycles. The van der Waals surface area contributed by atoms with Crippen molar-refractivity contribution in [1.29, 1.82) is 0 Å². The van der Waals surface area contributed by atoms with Gasteiger partial charge >= 0.3 is 0 Å². The second-order valence-corrected chi connectivity index (χ2v) is 16.0. The number of fused-ring (bicyclic) bond motifs is 3. The molecule has 6 rings (SSSR count). The van der Waals surface area contributed by atoms with E-state index in [0.29, 0.717) is 0 Å². The fourth-order valence-corrected chi connectivity index (χ4v) is 9.63. The van der Waals surface area contributed by atoms with Gasteiger partial charge in [0.15, 0.2) is 0 Å². The quantitative estimate of drug-likeness (QED) is 0.0970. The van der Waals surface area contributed by atoms with E-state index in [-0.39, 0.29) is 5.41 Å². The van der Waals surface area contributed by atoms with E-state index >= 15 is 0 Å². The summed E-state index contributed by atoms with van der Waals surface area (Å²) in [6, 6.07) is 34.2. The maximum Gasteiger partial charge on any atom is 0.0464 e. The average molecular weight is 675 g/mol. The fourth-order valence-electron chi connectivity index (χ4n) is 9.63. The summed E-state index contributed by atoms with van der Waals surface area (Å²) in [5.74, 6) is 0. The first kappa shape index (κ1) is 36.9. The molecule has 0 nitrogen and oxygen atoms in total. The zero-order valence-electron chi connectivity index (χ0n) is 33.1. The van der Waals surface area contributed by atoms with Gasteiger partial charge in [0.05, 0.1) is 0 Å². The molecule has 0 radical (unpaired) electrons. The molecular weight excluding hydrogens is 613 g/mol. The molecule has 0 saturated carbocycles. The highest BCUT2D eigenvalue weighted by Gasteiger charge is 2.45. The summed E-state index contributed by atoms with van der Waals surface area (Å²) in [6.07, 6.45) is 15.3. The van der Waals surface area contributed by atoms with Crippen LogP contribution in [0.5, 0.6) is 0 Å². The Bertz CT molecular complexity index is 1830. The minimum atomic E-state index is -0.208. The van der Waals surface area contributed by atoms with E-state index in [4.69, 9.17) is 0 Å². The molecule has 0 atom stereocenters. The normalized spacial score (nSPS) is 13.0. The van der Waals surface area contributed by atoms with Crippen molar-refractivity contribution in [2.45, 2.75) is 138 Å². The lowest BCUT2D eigenvalue weighted by Crippen LogP contribution is -2.27. The molecule has 0 spiro atoms. The molecule has 0 amide bonds. The number of unbranched alkanes of at least 4 members (excludes halogenated alkanes) is 8. The molecular formula is C51H62.